The Morgan fingerprint density at radius 3 is 2.64 bits per heavy atom. The van der Waals surface area contributed by atoms with Gasteiger partial charge in [-0.05, 0) is 23.8 Å². The van der Waals surface area contributed by atoms with Gasteiger partial charge in [0.25, 0.3) is 0 Å². The van der Waals surface area contributed by atoms with Crippen LogP contribution in [0.25, 0.3) is 21.9 Å². The SMILES string of the molecule is COCCN1C[C@@H](NCNc2cccc3oc4c(OC)cccc4c23)[C@H](c2ccccc2)C1. The van der Waals surface area contributed by atoms with E-state index in [0.29, 0.717) is 18.6 Å². The molecule has 4 aromatic rings. The number of nitrogens with one attached hydrogen (secondary N) is 2. The third kappa shape index (κ3) is 4.42. The van der Waals surface area contributed by atoms with Gasteiger partial charge in [-0.2, -0.15) is 0 Å². The average molecular weight is 446 g/mol. The zero-order valence-corrected chi connectivity index (χ0v) is 19.2. The van der Waals surface area contributed by atoms with Crippen molar-refractivity contribution in [3.05, 3.63) is 72.3 Å². The van der Waals surface area contributed by atoms with E-state index in [1.165, 1.54) is 5.56 Å². The highest BCUT2D eigenvalue weighted by atomic mass is 16.5. The Morgan fingerprint density at radius 1 is 0.970 bits per heavy atom. The van der Waals surface area contributed by atoms with Crippen LogP contribution in [0.4, 0.5) is 5.69 Å². The maximum Gasteiger partial charge on any atom is 0.177 e. The summed E-state index contributed by atoms with van der Waals surface area (Å²) in [4.78, 5) is 2.48. The lowest BCUT2D eigenvalue weighted by Crippen LogP contribution is -2.38. The van der Waals surface area contributed by atoms with Crippen LogP contribution in [0, 0.1) is 0 Å². The fraction of sp³-hybridized carbons (Fsp3) is 0.333. The van der Waals surface area contributed by atoms with Crippen molar-refractivity contribution in [1.29, 1.82) is 0 Å². The molecule has 6 nitrogen and oxygen atoms in total. The molecular weight excluding hydrogens is 414 g/mol. The number of hydrogen-bond acceptors (Lipinski definition) is 6. The summed E-state index contributed by atoms with van der Waals surface area (Å²) >= 11 is 0. The molecule has 0 aliphatic carbocycles. The topological polar surface area (TPSA) is 58.9 Å². The van der Waals surface area contributed by atoms with Gasteiger partial charge < -0.3 is 19.2 Å². The van der Waals surface area contributed by atoms with Crippen LogP contribution in [-0.2, 0) is 4.74 Å². The summed E-state index contributed by atoms with van der Waals surface area (Å²) in [5.74, 6) is 1.19. The zero-order valence-electron chi connectivity index (χ0n) is 19.2. The summed E-state index contributed by atoms with van der Waals surface area (Å²) in [7, 11) is 3.44. The molecule has 1 aliphatic rings. The van der Waals surface area contributed by atoms with Gasteiger partial charge in [-0.3, -0.25) is 10.2 Å². The number of nitrogens with zero attached hydrogens (tertiary/aromatic N) is 1. The van der Waals surface area contributed by atoms with Crippen LogP contribution in [0.15, 0.2) is 71.1 Å². The maximum absolute atomic E-state index is 6.12. The normalized spacial score (nSPS) is 18.8. The van der Waals surface area contributed by atoms with Gasteiger partial charge >= 0.3 is 0 Å². The fourth-order valence-corrected chi connectivity index (χ4v) is 4.94. The highest BCUT2D eigenvalue weighted by Crippen LogP contribution is 2.38. The van der Waals surface area contributed by atoms with Crippen LogP contribution in [0.1, 0.15) is 11.5 Å². The summed E-state index contributed by atoms with van der Waals surface area (Å²) in [6.45, 7) is 4.41. The Kier molecular flexibility index (Phi) is 6.48. The molecule has 0 unspecified atom stereocenters. The van der Waals surface area contributed by atoms with E-state index in [1.807, 2.05) is 24.3 Å². The lowest BCUT2D eigenvalue weighted by molar-refractivity contribution is 0.159. The number of benzene rings is 3. The van der Waals surface area contributed by atoms with Crippen LogP contribution in [0.3, 0.4) is 0 Å². The second-order valence-corrected chi connectivity index (χ2v) is 8.55. The average Bonchev–Trinajstić information content (AvgIpc) is 3.45. The van der Waals surface area contributed by atoms with Crippen molar-refractivity contribution in [2.75, 3.05) is 52.4 Å². The molecule has 3 aromatic carbocycles. The molecule has 2 atom stereocenters. The molecule has 172 valence electrons. The first-order valence-electron chi connectivity index (χ1n) is 11.5. The standard InChI is InChI=1S/C27H31N3O3/c1-31-15-14-30-16-21(19-8-4-3-5-9-19)23(17-30)29-18-28-22-11-7-12-24-26(22)20-10-6-13-25(32-2)27(20)33-24/h3-13,21,23,28-29H,14-18H2,1-2H3/t21-,23+/m0/s1. The van der Waals surface area contributed by atoms with E-state index in [0.717, 1.165) is 59.6 Å². The number of likely N-dealkylation sites (tertiary alicyclic amines) is 1. The minimum absolute atomic E-state index is 0.358. The van der Waals surface area contributed by atoms with Crippen molar-refractivity contribution in [2.24, 2.45) is 0 Å². The molecule has 33 heavy (non-hydrogen) atoms. The van der Waals surface area contributed by atoms with Crippen molar-refractivity contribution in [3.63, 3.8) is 0 Å². The Hall–Kier alpha value is -3.06. The lowest BCUT2D eigenvalue weighted by atomic mass is 9.94. The van der Waals surface area contributed by atoms with E-state index in [4.69, 9.17) is 13.9 Å². The molecule has 1 aliphatic heterocycles. The quantitative estimate of drug-likeness (QED) is 0.365. The first kappa shape index (κ1) is 21.8. The van der Waals surface area contributed by atoms with Crippen LogP contribution < -0.4 is 15.4 Å². The van der Waals surface area contributed by atoms with Gasteiger partial charge in [-0.25, -0.2) is 0 Å². The van der Waals surface area contributed by atoms with Gasteiger partial charge in [0.1, 0.15) is 5.58 Å². The summed E-state index contributed by atoms with van der Waals surface area (Å²) in [5, 5.41) is 9.51. The van der Waals surface area contributed by atoms with Gasteiger partial charge in [-0.1, -0.05) is 48.5 Å². The lowest BCUT2D eigenvalue weighted by Gasteiger charge is -2.21. The number of methoxy groups -OCH3 is 2. The van der Waals surface area contributed by atoms with E-state index in [-0.39, 0.29) is 0 Å². The predicted molar refractivity (Wildman–Crippen MR) is 133 cm³/mol. The second kappa shape index (κ2) is 9.83. The molecular formula is C27H31N3O3. The van der Waals surface area contributed by atoms with Crippen LogP contribution in [0.5, 0.6) is 5.75 Å². The third-order valence-corrected chi connectivity index (χ3v) is 6.58. The Morgan fingerprint density at radius 2 is 1.82 bits per heavy atom. The van der Waals surface area contributed by atoms with E-state index in [9.17, 15) is 0 Å². The first-order chi connectivity index (χ1) is 16.3. The van der Waals surface area contributed by atoms with E-state index < -0.39 is 0 Å². The van der Waals surface area contributed by atoms with E-state index >= 15 is 0 Å². The predicted octanol–water partition coefficient (Wildman–Crippen LogP) is 4.67. The molecule has 1 fully saturated rings. The first-order valence-corrected chi connectivity index (χ1v) is 11.5. The molecule has 0 spiro atoms. The molecule has 6 heteroatoms. The number of para-hydroxylation sites is 1. The van der Waals surface area contributed by atoms with E-state index in [2.05, 4.69) is 58.0 Å². The summed E-state index contributed by atoms with van der Waals surface area (Å²) in [5.41, 5.74) is 4.07. The highest BCUT2D eigenvalue weighted by Gasteiger charge is 2.33. The van der Waals surface area contributed by atoms with E-state index in [1.54, 1.807) is 14.2 Å². The van der Waals surface area contributed by atoms with Gasteiger partial charge in [0.15, 0.2) is 11.3 Å². The molecule has 1 aromatic heterocycles. The van der Waals surface area contributed by atoms with Gasteiger partial charge in [0, 0.05) is 49.8 Å². The Balaban J connectivity index is 1.34. The minimum atomic E-state index is 0.358. The van der Waals surface area contributed by atoms with Crippen LogP contribution in [0.2, 0.25) is 0 Å². The van der Waals surface area contributed by atoms with Crippen LogP contribution >= 0.6 is 0 Å². The molecule has 0 bridgehead atoms. The maximum atomic E-state index is 6.12. The van der Waals surface area contributed by atoms with Gasteiger partial charge in [-0.15, -0.1) is 0 Å². The number of furan rings is 1. The highest BCUT2D eigenvalue weighted by molar-refractivity contribution is 6.12. The number of anilines is 1. The van der Waals surface area contributed by atoms with Crippen molar-refractivity contribution >= 4 is 27.6 Å². The van der Waals surface area contributed by atoms with Gasteiger partial charge in [0.05, 0.1) is 25.8 Å². The molecule has 1 saturated heterocycles. The van der Waals surface area contributed by atoms with Crippen molar-refractivity contribution in [1.82, 2.24) is 10.2 Å². The number of ether oxygens (including phenoxy) is 2. The largest absolute Gasteiger partial charge is 0.493 e. The van der Waals surface area contributed by atoms with Gasteiger partial charge in [0.2, 0.25) is 0 Å². The molecule has 2 heterocycles. The molecule has 2 N–H and O–H groups in total. The summed E-state index contributed by atoms with van der Waals surface area (Å²) in [6.07, 6.45) is 0. The van der Waals surface area contributed by atoms with Crippen molar-refractivity contribution in [2.45, 2.75) is 12.0 Å². The second-order valence-electron chi connectivity index (χ2n) is 8.55. The fourth-order valence-electron chi connectivity index (χ4n) is 4.94. The smallest absolute Gasteiger partial charge is 0.177 e. The Bertz CT molecular complexity index is 1210. The van der Waals surface area contributed by atoms with Crippen molar-refractivity contribution in [3.8, 4) is 5.75 Å². The molecule has 5 rings (SSSR count). The van der Waals surface area contributed by atoms with Crippen molar-refractivity contribution < 1.29 is 13.9 Å². The number of rotatable bonds is 9. The molecule has 0 amide bonds. The molecule has 0 radical (unpaired) electrons. The molecule has 0 saturated carbocycles. The monoisotopic (exact) mass is 445 g/mol. The zero-order chi connectivity index (χ0) is 22.6. The third-order valence-electron chi connectivity index (χ3n) is 6.58. The minimum Gasteiger partial charge on any atom is -0.493 e. The Labute approximate surface area is 194 Å². The summed E-state index contributed by atoms with van der Waals surface area (Å²) < 4.78 is 16.9. The number of fused-ring (bicyclic) bond motifs is 3. The van der Waals surface area contributed by atoms with Crippen LogP contribution in [-0.4, -0.2) is 58.1 Å². The number of hydrogen-bond donors (Lipinski definition) is 2. The summed E-state index contributed by atoms with van der Waals surface area (Å²) in [6, 6.07) is 23.3.